The third-order valence-corrected chi connectivity index (χ3v) is 7.59. The van der Waals surface area contributed by atoms with E-state index in [2.05, 4.69) is 17.5 Å². The summed E-state index contributed by atoms with van der Waals surface area (Å²) in [7, 11) is 0. The van der Waals surface area contributed by atoms with Crippen molar-refractivity contribution in [2.24, 2.45) is 11.5 Å². The van der Waals surface area contributed by atoms with Crippen molar-refractivity contribution in [1.82, 2.24) is 10.3 Å². The van der Waals surface area contributed by atoms with Crippen LogP contribution in [0.25, 0.3) is 0 Å². The summed E-state index contributed by atoms with van der Waals surface area (Å²) in [6, 6.07) is 13.7. The number of thioether (sulfide) groups is 1. The van der Waals surface area contributed by atoms with Crippen LogP contribution in [0, 0.1) is 22.7 Å². The molecule has 1 saturated carbocycles. The van der Waals surface area contributed by atoms with Crippen LogP contribution in [0.15, 0.2) is 35.4 Å². The molecular weight excluding hydrogens is 462 g/mol. The van der Waals surface area contributed by atoms with Gasteiger partial charge in [0.15, 0.2) is 0 Å². The molecule has 9 nitrogen and oxygen atoms in total. The van der Waals surface area contributed by atoms with Gasteiger partial charge in [-0.05, 0) is 42.7 Å². The van der Waals surface area contributed by atoms with Crippen LogP contribution < -0.4 is 21.7 Å². The van der Waals surface area contributed by atoms with E-state index in [-0.39, 0.29) is 24.4 Å². The number of nitrogens with one attached hydrogen (secondary N) is 1. The number of amides is 2. The number of carbonyl (C=O) groups is 2. The second kappa shape index (κ2) is 10.8. The number of hydrogen-bond acceptors (Lipinski definition) is 8. The number of primary amides is 1. The zero-order valence-electron chi connectivity index (χ0n) is 19.2. The molecule has 0 bridgehead atoms. The molecule has 0 spiro atoms. The van der Waals surface area contributed by atoms with E-state index in [9.17, 15) is 20.1 Å². The zero-order chi connectivity index (χ0) is 24.9. The number of hydrogen-bond donors (Lipinski definition) is 3. The van der Waals surface area contributed by atoms with Crippen LogP contribution in [0.2, 0.25) is 0 Å². The van der Waals surface area contributed by atoms with Gasteiger partial charge in [0, 0.05) is 19.1 Å². The summed E-state index contributed by atoms with van der Waals surface area (Å²) < 4.78 is 0. The van der Waals surface area contributed by atoms with Crippen molar-refractivity contribution >= 4 is 29.4 Å². The van der Waals surface area contributed by atoms with Crippen LogP contribution in [0.5, 0.6) is 0 Å². The molecular formula is C25H27N7O2S. The summed E-state index contributed by atoms with van der Waals surface area (Å²) in [5, 5.41) is 22.8. The Kier molecular flexibility index (Phi) is 7.54. The van der Waals surface area contributed by atoms with E-state index in [0.29, 0.717) is 47.9 Å². The van der Waals surface area contributed by atoms with Gasteiger partial charge in [0.05, 0.1) is 17.7 Å². The van der Waals surface area contributed by atoms with Crippen molar-refractivity contribution in [3.8, 4) is 12.1 Å². The second-order valence-corrected chi connectivity index (χ2v) is 9.84. The largest absolute Gasteiger partial charge is 0.368 e. The molecule has 5 N–H and O–H groups in total. The lowest BCUT2D eigenvalue weighted by atomic mass is 9.98. The number of nitrogens with zero attached hydrogens (tertiary/aromatic N) is 4. The molecule has 2 aliphatic rings. The SMILES string of the molecule is N#Cc1c(SC(C(N)=O)c2ccccc2)nc(N2CCC(NC(=O)CN)CC2)c(C#N)c1C1CC1. The molecule has 2 fully saturated rings. The van der Waals surface area contributed by atoms with E-state index in [1.54, 1.807) is 0 Å². The maximum atomic E-state index is 12.4. The molecule has 35 heavy (non-hydrogen) atoms. The van der Waals surface area contributed by atoms with Crippen LogP contribution >= 0.6 is 11.8 Å². The van der Waals surface area contributed by atoms with E-state index in [0.717, 1.165) is 35.7 Å². The van der Waals surface area contributed by atoms with Crippen LogP contribution in [0.3, 0.4) is 0 Å². The number of piperidine rings is 1. The lowest BCUT2D eigenvalue weighted by Crippen LogP contribution is -2.46. The molecule has 0 radical (unpaired) electrons. The van der Waals surface area contributed by atoms with Crippen LogP contribution in [0.1, 0.15) is 59.1 Å². The minimum atomic E-state index is -0.721. The highest BCUT2D eigenvalue weighted by atomic mass is 32.2. The fraction of sp³-hybridized carbons (Fsp3) is 0.400. The number of pyridine rings is 1. The molecule has 1 aliphatic carbocycles. The van der Waals surface area contributed by atoms with E-state index >= 15 is 0 Å². The Bertz CT molecular complexity index is 1190. The molecule has 1 aromatic heterocycles. The van der Waals surface area contributed by atoms with Crippen molar-refractivity contribution in [1.29, 1.82) is 10.5 Å². The Morgan fingerprint density at radius 1 is 1.11 bits per heavy atom. The van der Waals surface area contributed by atoms with Gasteiger partial charge >= 0.3 is 0 Å². The summed E-state index contributed by atoms with van der Waals surface area (Å²) in [5.41, 5.74) is 13.4. The monoisotopic (exact) mass is 489 g/mol. The molecule has 2 amide bonds. The van der Waals surface area contributed by atoms with E-state index in [1.807, 2.05) is 35.2 Å². The van der Waals surface area contributed by atoms with Crippen LogP contribution in [-0.4, -0.2) is 42.5 Å². The lowest BCUT2D eigenvalue weighted by molar-refractivity contribution is -0.120. The van der Waals surface area contributed by atoms with Gasteiger partial charge in [-0.3, -0.25) is 9.59 Å². The minimum Gasteiger partial charge on any atom is -0.368 e. The first-order valence-corrected chi connectivity index (χ1v) is 12.5. The Morgan fingerprint density at radius 2 is 1.77 bits per heavy atom. The zero-order valence-corrected chi connectivity index (χ0v) is 20.1. The Hall–Kier alpha value is -3.60. The van der Waals surface area contributed by atoms with Gasteiger partial charge in [-0.2, -0.15) is 10.5 Å². The molecule has 2 heterocycles. The van der Waals surface area contributed by atoms with Gasteiger partial charge in [0.1, 0.15) is 28.2 Å². The number of anilines is 1. The highest BCUT2D eigenvalue weighted by Crippen LogP contribution is 2.48. The number of carbonyl (C=O) groups excluding carboxylic acids is 2. The number of aromatic nitrogens is 1. The summed E-state index contributed by atoms with van der Waals surface area (Å²) in [6.45, 7) is 1.13. The quantitative estimate of drug-likeness (QED) is 0.475. The number of rotatable bonds is 8. The normalized spacial score (nSPS) is 16.7. The smallest absolute Gasteiger partial charge is 0.235 e. The highest BCUT2D eigenvalue weighted by molar-refractivity contribution is 8.00. The molecule has 4 rings (SSSR count). The fourth-order valence-corrected chi connectivity index (χ4v) is 5.48. The third kappa shape index (κ3) is 5.40. The summed E-state index contributed by atoms with van der Waals surface area (Å²) in [5.74, 6) is -0.0608. The summed E-state index contributed by atoms with van der Waals surface area (Å²) in [4.78, 5) is 30.9. The standard InChI is InChI=1S/C25H27N7O2S/c26-12-18-21(15-6-7-15)19(13-27)25(35-22(23(29)34)16-4-2-1-3-5-16)31-24(18)32-10-8-17(9-11-32)30-20(33)14-28/h1-5,15,17,22H,6-11,14,28H2,(H2,29,34)(H,30,33). The van der Waals surface area contributed by atoms with Gasteiger partial charge in [0.2, 0.25) is 11.8 Å². The number of benzene rings is 1. The average Bonchev–Trinajstić information content (AvgIpc) is 3.72. The molecule has 10 heteroatoms. The van der Waals surface area contributed by atoms with E-state index < -0.39 is 11.2 Å². The third-order valence-electron chi connectivity index (χ3n) is 6.33. The van der Waals surface area contributed by atoms with Gasteiger partial charge < -0.3 is 21.7 Å². The molecule has 180 valence electrons. The molecule has 1 aliphatic heterocycles. The van der Waals surface area contributed by atoms with Crippen molar-refractivity contribution in [3.63, 3.8) is 0 Å². The van der Waals surface area contributed by atoms with Gasteiger partial charge in [-0.25, -0.2) is 4.98 Å². The molecule has 2 aromatic rings. The van der Waals surface area contributed by atoms with Crippen molar-refractivity contribution in [2.45, 2.75) is 47.9 Å². The first kappa shape index (κ1) is 24.5. The van der Waals surface area contributed by atoms with Crippen molar-refractivity contribution in [3.05, 3.63) is 52.6 Å². The first-order chi connectivity index (χ1) is 17.0. The van der Waals surface area contributed by atoms with Crippen LogP contribution in [-0.2, 0) is 9.59 Å². The summed E-state index contributed by atoms with van der Waals surface area (Å²) >= 11 is 1.15. The molecule has 1 unspecified atom stereocenters. The van der Waals surface area contributed by atoms with E-state index in [1.165, 1.54) is 0 Å². The van der Waals surface area contributed by atoms with Crippen LogP contribution in [0.4, 0.5) is 5.82 Å². The predicted molar refractivity (Wildman–Crippen MR) is 132 cm³/mol. The van der Waals surface area contributed by atoms with Gasteiger partial charge in [-0.1, -0.05) is 42.1 Å². The molecule has 1 aromatic carbocycles. The Morgan fingerprint density at radius 3 is 2.31 bits per heavy atom. The average molecular weight is 490 g/mol. The minimum absolute atomic E-state index is 0.0142. The lowest BCUT2D eigenvalue weighted by Gasteiger charge is -2.34. The van der Waals surface area contributed by atoms with Gasteiger partial charge in [0.25, 0.3) is 0 Å². The van der Waals surface area contributed by atoms with E-state index in [4.69, 9.17) is 16.5 Å². The van der Waals surface area contributed by atoms with Crippen molar-refractivity contribution < 1.29 is 9.59 Å². The summed E-state index contributed by atoms with van der Waals surface area (Å²) in [6.07, 6.45) is 3.19. The maximum absolute atomic E-state index is 12.4. The second-order valence-electron chi connectivity index (χ2n) is 8.75. The molecule has 1 saturated heterocycles. The van der Waals surface area contributed by atoms with Crippen molar-refractivity contribution in [2.75, 3.05) is 24.5 Å². The van der Waals surface area contributed by atoms with Gasteiger partial charge in [-0.15, -0.1) is 0 Å². The Labute approximate surface area is 208 Å². The first-order valence-electron chi connectivity index (χ1n) is 11.6. The predicted octanol–water partition coefficient (Wildman–Crippen LogP) is 2.06. The number of nitrogens with two attached hydrogens (primary N) is 2. The highest BCUT2D eigenvalue weighted by Gasteiger charge is 2.36. The topological polar surface area (TPSA) is 162 Å². The molecule has 1 atom stereocenters. The Balaban J connectivity index is 1.71. The number of nitriles is 2. The maximum Gasteiger partial charge on any atom is 0.235 e. The fourth-order valence-electron chi connectivity index (χ4n) is 4.43.